The van der Waals surface area contributed by atoms with Crippen molar-refractivity contribution in [3.8, 4) is 0 Å². The van der Waals surface area contributed by atoms with Gasteiger partial charge in [0.05, 0.1) is 30.3 Å². The third-order valence-corrected chi connectivity index (χ3v) is 4.26. The minimum Gasteiger partial charge on any atom is -0.370 e. The second kappa shape index (κ2) is 4.46. The maximum absolute atomic E-state index is 5.95. The Hall–Kier alpha value is -1.40. The molecule has 6 heteroatoms. The predicted octanol–water partition coefficient (Wildman–Crippen LogP) is 2.08. The molecule has 0 radical (unpaired) electrons. The van der Waals surface area contributed by atoms with Crippen molar-refractivity contribution >= 4 is 28.6 Å². The molecule has 17 heavy (non-hydrogen) atoms. The van der Waals surface area contributed by atoms with Crippen LogP contribution in [0.2, 0.25) is 0 Å². The van der Waals surface area contributed by atoms with Gasteiger partial charge in [0.15, 0.2) is 5.96 Å². The van der Waals surface area contributed by atoms with E-state index in [1.165, 1.54) is 4.88 Å². The van der Waals surface area contributed by atoms with Gasteiger partial charge in [-0.1, -0.05) is 6.07 Å². The van der Waals surface area contributed by atoms with Crippen molar-refractivity contribution in [2.45, 2.75) is 12.6 Å². The number of aliphatic imine (C=N–C) groups is 1. The smallest absolute Gasteiger partial charge is 0.192 e. The van der Waals surface area contributed by atoms with Crippen molar-refractivity contribution in [1.29, 1.82) is 0 Å². The van der Waals surface area contributed by atoms with Gasteiger partial charge in [-0.3, -0.25) is 4.99 Å². The molecular formula is C11H12N4S2. The summed E-state index contributed by atoms with van der Waals surface area (Å²) in [5.74, 6) is 0.622. The predicted molar refractivity (Wildman–Crippen MR) is 71.2 cm³/mol. The lowest BCUT2D eigenvalue weighted by molar-refractivity contribution is 0.338. The molecule has 4 nitrogen and oxygen atoms in total. The number of rotatable bonds is 3. The number of guanidine groups is 1. The Morgan fingerprint density at radius 1 is 1.53 bits per heavy atom. The maximum atomic E-state index is 5.95. The molecule has 3 heterocycles. The minimum atomic E-state index is 0.198. The largest absolute Gasteiger partial charge is 0.370 e. The number of aromatic nitrogens is 1. The highest BCUT2D eigenvalue weighted by Gasteiger charge is 2.28. The minimum absolute atomic E-state index is 0.198. The van der Waals surface area contributed by atoms with E-state index in [4.69, 9.17) is 5.73 Å². The van der Waals surface area contributed by atoms with Crippen LogP contribution in [0.15, 0.2) is 33.4 Å². The summed E-state index contributed by atoms with van der Waals surface area (Å²) in [7, 11) is 0. The normalized spacial score (nSPS) is 19.6. The molecule has 0 aromatic carbocycles. The van der Waals surface area contributed by atoms with E-state index in [0.29, 0.717) is 12.5 Å². The van der Waals surface area contributed by atoms with E-state index >= 15 is 0 Å². The molecule has 0 bridgehead atoms. The van der Waals surface area contributed by atoms with Crippen LogP contribution in [0.1, 0.15) is 16.6 Å². The third-order valence-electron chi connectivity index (χ3n) is 2.80. The molecular weight excluding hydrogens is 252 g/mol. The lowest BCUT2D eigenvalue weighted by atomic mass is 10.2. The molecule has 88 valence electrons. The second-order valence-electron chi connectivity index (χ2n) is 3.84. The molecule has 2 aromatic rings. The van der Waals surface area contributed by atoms with Gasteiger partial charge in [-0.25, -0.2) is 4.98 Å². The molecule has 0 spiro atoms. The Labute approximate surface area is 107 Å². The topological polar surface area (TPSA) is 54.5 Å². The average Bonchev–Trinajstić information content (AvgIpc) is 3.03. The average molecular weight is 264 g/mol. The first-order valence-electron chi connectivity index (χ1n) is 5.31. The molecule has 0 saturated heterocycles. The van der Waals surface area contributed by atoms with Crippen molar-refractivity contribution in [3.63, 3.8) is 0 Å². The zero-order valence-electron chi connectivity index (χ0n) is 9.11. The molecule has 2 N–H and O–H groups in total. The van der Waals surface area contributed by atoms with Gasteiger partial charge in [0, 0.05) is 10.3 Å². The second-order valence-corrected chi connectivity index (χ2v) is 5.59. The quantitative estimate of drug-likeness (QED) is 0.923. The van der Waals surface area contributed by atoms with Gasteiger partial charge >= 0.3 is 0 Å². The summed E-state index contributed by atoms with van der Waals surface area (Å²) in [5, 5.41) is 4.15. The maximum Gasteiger partial charge on any atom is 0.192 e. The Balaban J connectivity index is 1.82. The summed E-state index contributed by atoms with van der Waals surface area (Å²) in [4.78, 5) is 12.1. The van der Waals surface area contributed by atoms with Crippen LogP contribution >= 0.6 is 22.7 Å². The molecule has 1 atom stereocenters. The fourth-order valence-electron chi connectivity index (χ4n) is 1.93. The van der Waals surface area contributed by atoms with Gasteiger partial charge in [0.25, 0.3) is 0 Å². The number of hydrogen-bond acceptors (Lipinski definition) is 6. The molecule has 3 rings (SSSR count). The Kier molecular flexibility index (Phi) is 2.82. The zero-order valence-corrected chi connectivity index (χ0v) is 10.7. The highest BCUT2D eigenvalue weighted by atomic mass is 32.1. The number of nitrogens with zero attached hydrogens (tertiary/aromatic N) is 3. The molecule has 0 amide bonds. The first-order valence-corrected chi connectivity index (χ1v) is 7.14. The molecule has 1 aliphatic heterocycles. The summed E-state index contributed by atoms with van der Waals surface area (Å²) in [6.45, 7) is 1.52. The van der Waals surface area contributed by atoms with Gasteiger partial charge in [0.2, 0.25) is 0 Å². The van der Waals surface area contributed by atoms with E-state index in [2.05, 4.69) is 37.8 Å². The summed E-state index contributed by atoms with van der Waals surface area (Å²) >= 11 is 3.35. The van der Waals surface area contributed by atoms with Crippen molar-refractivity contribution in [3.05, 3.63) is 39.0 Å². The van der Waals surface area contributed by atoms with E-state index in [0.717, 1.165) is 12.2 Å². The number of thiazole rings is 1. The van der Waals surface area contributed by atoms with Crippen LogP contribution in [-0.2, 0) is 6.54 Å². The summed E-state index contributed by atoms with van der Waals surface area (Å²) < 4.78 is 0. The zero-order chi connectivity index (χ0) is 11.7. The Morgan fingerprint density at radius 2 is 2.47 bits per heavy atom. The van der Waals surface area contributed by atoms with Crippen molar-refractivity contribution in [2.75, 3.05) is 6.54 Å². The fraction of sp³-hybridized carbons (Fsp3) is 0.273. The van der Waals surface area contributed by atoms with Gasteiger partial charge in [0.1, 0.15) is 0 Å². The van der Waals surface area contributed by atoms with Gasteiger partial charge < -0.3 is 10.6 Å². The van der Waals surface area contributed by atoms with Crippen molar-refractivity contribution < 1.29 is 0 Å². The molecule has 1 unspecified atom stereocenters. The van der Waals surface area contributed by atoms with Crippen molar-refractivity contribution in [2.24, 2.45) is 10.7 Å². The standard InChI is InChI=1S/C11H12N4S2/c12-11-13-4-10(9-6-16-7-14-9)15(11)5-8-2-1-3-17-8/h1-3,6-7,10H,4-5H2,(H2,12,13). The van der Waals surface area contributed by atoms with Crippen LogP contribution in [0, 0.1) is 0 Å². The molecule has 0 saturated carbocycles. The number of thiophene rings is 1. The van der Waals surface area contributed by atoms with Crippen LogP contribution in [0.3, 0.4) is 0 Å². The highest BCUT2D eigenvalue weighted by Crippen LogP contribution is 2.27. The molecule has 1 aliphatic rings. The summed E-state index contributed by atoms with van der Waals surface area (Å²) in [6, 6.07) is 4.37. The SMILES string of the molecule is NC1=NCC(c2cscn2)N1Cc1cccs1. The molecule has 2 aromatic heterocycles. The Bertz CT molecular complexity index is 504. The number of nitrogens with two attached hydrogens (primary N) is 1. The van der Waals surface area contributed by atoms with Crippen LogP contribution in [0.4, 0.5) is 0 Å². The first-order chi connectivity index (χ1) is 8.34. The highest BCUT2D eigenvalue weighted by molar-refractivity contribution is 7.09. The molecule has 0 fully saturated rings. The lowest BCUT2D eigenvalue weighted by Crippen LogP contribution is -2.35. The first kappa shape index (κ1) is 10.7. The van der Waals surface area contributed by atoms with E-state index in [-0.39, 0.29) is 6.04 Å². The fourth-order valence-corrected chi connectivity index (χ4v) is 3.23. The lowest BCUT2D eigenvalue weighted by Gasteiger charge is -2.24. The third kappa shape index (κ3) is 2.05. The van der Waals surface area contributed by atoms with E-state index in [1.54, 1.807) is 22.7 Å². The van der Waals surface area contributed by atoms with Gasteiger partial charge in [-0.05, 0) is 11.4 Å². The number of hydrogen-bond donors (Lipinski definition) is 1. The monoisotopic (exact) mass is 264 g/mol. The van der Waals surface area contributed by atoms with Crippen LogP contribution in [-0.4, -0.2) is 22.4 Å². The van der Waals surface area contributed by atoms with Gasteiger partial charge in [-0.15, -0.1) is 22.7 Å². The van der Waals surface area contributed by atoms with Crippen LogP contribution < -0.4 is 5.73 Å². The van der Waals surface area contributed by atoms with E-state index in [1.807, 2.05) is 5.51 Å². The summed E-state index contributed by atoms with van der Waals surface area (Å²) in [6.07, 6.45) is 0. The van der Waals surface area contributed by atoms with Crippen molar-refractivity contribution in [1.82, 2.24) is 9.88 Å². The van der Waals surface area contributed by atoms with Crippen LogP contribution in [0.5, 0.6) is 0 Å². The van der Waals surface area contributed by atoms with E-state index < -0.39 is 0 Å². The van der Waals surface area contributed by atoms with Gasteiger partial charge in [-0.2, -0.15) is 0 Å². The summed E-state index contributed by atoms with van der Waals surface area (Å²) in [5.41, 5.74) is 8.87. The van der Waals surface area contributed by atoms with Crippen LogP contribution in [0.25, 0.3) is 0 Å². The Morgan fingerprint density at radius 3 is 3.18 bits per heavy atom. The van der Waals surface area contributed by atoms with E-state index in [9.17, 15) is 0 Å². The molecule has 0 aliphatic carbocycles.